The predicted molar refractivity (Wildman–Crippen MR) is 105 cm³/mol. The van der Waals surface area contributed by atoms with Crippen molar-refractivity contribution in [3.05, 3.63) is 72.4 Å². The Kier molecular flexibility index (Phi) is 3.25. The minimum absolute atomic E-state index is 0.474. The van der Waals surface area contributed by atoms with Gasteiger partial charge in [-0.05, 0) is 31.2 Å². The molecule has 0 aliphatic heterocycles. The molecule has 0 aliphatic rings. The van der Waals surface area contributed by atoms with Crippen molar-refractivity contribution in [2.24, 2.45) is 0 Å². The number of anilines is 2. The average Bonchev–Trinajstić information content (AvgIpc) is 2.70. The molecule has 5 nitrogen and oxygen atoms in total. The van der Waals surface area contributed by atoms with E-state index in [1.54, 1.807) is 6.20 Å². The molecule has 0 amide bonds. The van der Waals surface area contributed by atoms with E-state index in [0.29, 0.717) is 5.95 Å². The lowest BCUT2D eigenvalue weighted by Crippen LogP contribution is -2.00. The van der Waals surface area contributed by atoms with Gasteiger partial charge in [-0.15, -0.1) is 10.2 Å². The van der Waals surface area contributed by atoms with Crippen LogP contribution < -0.4 is 5.32 Å². The van der Waals surface area contributed by atoms with Crippen LogP contribution >= 0.6 is 0 Å². The molecule has 0 spiro atoms. The van der Waals surface area contributed by atoms with Crippen molar-refractivity contribution in [1.29, 1.82) is 0 Å². The first-order chi connectivity index (χ1) is 12.8. The molecule has 0 unspecified atom stereocenters. The third-order valence-electron chi connectivity index (χ3n) is 4.49. The van der Waals surface area contributed by atoms with Gasteiger partial charge in [0.2, 0.25) is 5.95 Å². The molecule has 0 bridgehead atoms. The van der Waals surface area contributed by atoms with Gasteiger partial charge in [0.15, 0.2) is 0 Å². The molecule has 5 heteroatoms. The van der Waals surface area contributed by atoms with E-state index in [9.17, 15) is 0 Å². The molecule has 0 atom stereocenters. The van der Waals surface area contributed by atoms with E-state index in [0.717, 1.165) is 38.4 Å². The van der Waals surface area contributed by atoms with Crippen LogP contribution in [0.5, 0.6) is 0 Å². The minimum Gasteiger partial charge on any atom is -0.323 e. The van der Waals surface area contributed by atoms with Gasteiger partial charge in [0.1, 0.15) is 11.0 Å². The second-order valence-corrected chi connectivity index (χ2v) is 6.27. The number of rotatable bonds is 2. The highest BCUT2D eigenvalue weighted by Gasteiger charge is 2.12. The number of hydrogen-bond acceptors (Lipinski definition) is 5. The second-order valence-electron chi connectivity index (χ2n) is 6.27. The molecule has 5 rings (SSSR count). The molecule has 0 saturated heterocycles. The SMILES string of the molecule is Cc1ccc(Nc2nnc3c4ccccc4c4ncccc4c3n2)cc1. The lowest BCUT2D eigenvalue weighted by Gasteiger charge is -2.09. The van der Waals surface area contributed by atoms with Gasteiger partial charge in [-0.2, -0.15) is 0 Å². The molecule has 0 saturated carbocycles. The minimum atomic E-state index is 0.474. The molecule has 0 fully saturated rings. The standard InChI is InChI=1S/C21H15N5/c1-13-8-10-14(11-9-13)23-21-24-19-17-7-4-12-22-18(17)15-5-2-3-6-16(15)20(19)25-26-21/h2-12H,1H3,(H,23,24,26). The Morgan fingerprint density at radius 2 is 1.42 bits per heavy atom. The monoisotopic (exact) mass is 337 g/mol. The van der Waals surface area contributed by atoms with Crippen molar-refractivity contribution < 1.29 is 0 Å². The number of nitrogens with one attached hydrogen (secondary N) is 1. The maximum Gasteiger partial charge on any atom is 0.247 e. The first kappa shape index (κ1) is 14.7. The highest BCUT2D eigenvalue weighted by Crippen LogP contribution is 2.31. The largest absolute Gasteiger partial charge is 0.323 e. The van der Waals surface area contributed by atoms with Gasteiger partial charge in [-0.3, -0.25) is 4.98 Å². The number of benzene rings is 3. The van der Waals surface area contributed by atoms with E-state index in [4.69, 9.17) is 4.98 Å². The molecular formula is C21H15N5. The van der Waals surface area contributed by atoms with Gasteiger partial charge in [0.25, 0.3) is 0 Å². The number of aromatic nitrogens is 4. The van der Waals surface area contributed by atoms with Crippen molar-refractivity contribution in [2.75, 3.05) is 5.32 Å². The van der Waals surface area contributed by atoms with Crippen molar-refractivity contribution in [1.82, 2.24) is 20.2 Å². The normalized spacial score (nSPS) is 11.3. The van der Waals surface area contributed by atoms with Gasteiger partial charge in [-0.25, -0.2) is 4.98 Å². The summed E-state index contributed by atoms with van der Waals surface area (Å²) in [4.78, 5) is 9.32. The maximum absolute atomic E-state index is 4.75. The zero-order valence-corrected chi connectivity index (χ0v) is 14.1. The first-order valence-electron chi connectivity index (χ1n) is 8.43. The molecule has 1 N–H and O–H groups in total. The van der Waals surface area contributed by atoms with E-state index >= 15 is 0 Å². The van der Waals surface area contributed by atoms with Crippen molar-refractivity contribution in [2.45, 2.75) is 6.92 Å². The highest BCUT2D eigenvalue weighted by molar-refractivity contribution is 6.21. The second kappa shape index (κ2) is 5.74. The van der Waals surface area contributed by atoms with E-state index < -0.39 is 0 Å². The molecule has 26 heavy (non-hydrogen) atoms. The lowest BCUT2D eigenvalue weighted by atomic mass is 10.0. The van der Waals surface area contributed by atoms with Crippen LogP contribution in [0.3, 0.4) is 0 Å². The molecular weight excluding hydrogens is 322 g/mol. The predicted octanol–water partition coefficient (Wildman–Crippen LogP) is 4.78. The maximum atomic E-state index is 4.75. The molecule has 5 aromatic rings. The summed E-state index contributed by atoms with van der Waals surface area (Å²) in [6.45, 7) is 2.06. The Hall–Kier alpha value is -3.60. The van der Waals surface area contributed by atoms with Crippen molar-refractivity contribution >= 4 is 44.3 Å². The number of hydrogen-bond donors (Lipinski definition) is 1. The van der Waals surface area contributed by atoms with Crippen LogP contribution in [0, 0.1) is 6.92 Å². The third kappa shape index (κ3) is 2.33. The van der Waals surface area contributed by atoms with Crippen molar-refractivity contribution in [3.63, 3.8) is 0 Å². The number of pyridine rings is 1. The highest BCUT2D eigenvalue weighted by atomic mass is 15.2. The summed E-state index contributed by atoms with van der Waals surface area (Å²) in [6.07, 6.45) is 1.81. The summed E-state index contributed by atoms with van der Waals surface area (Å²) >= 11 is 0. The molecule has 124 valence electrons. The zero-order chi connectivity index (χ0) is 17.5. The molecule has 3 aromatic carbocycles. The molecule has 2 heterocycles. The molecule has 0 aliphatic carbocycles. The Morgan fingerprint density at radius 3 is 2.23 bits per heavy atom. The smallest absolute Gasteiger partial charge is 0.247 e. The number of nitrogens with zero attached hydrogens (tertiary/aromatic N) is 4. The fraction of sp³-hybridized carbons (Fsp3) is 0.0476. The summed E-state index contributed by atoms with van der Waals surface area (Å²) < 4.78 is 0. The topological polar surface area (TPSA) is 63.6 Å². The van der Waals surface area contributed by atoms with Crippen LogP contribution in [0.15, 0.2) is 66.9 Å². The van der Waals surface area contributed by atoms with Crippen LogP contribution in [0.2, 0.25) is 0 Å². The summed E-state index contributed by atoms with van der Waals surface area (Å²) in [6, 6.07) is 20.2. The van der Waals surface area contributed by atoms with E-state index in [-0.39, 0.29) is 0 Å². The van der Waals surface area contributed by atoms with Gasteiger partial charge in [-0.1, -0.05) is 42.0 Å². The quantitative estimate of drug-likeness (QED) is 0.470. The van der Waals surface area contributed by atoms with E-state index in [1.165, 1.54) is 5.56 Å². The van der Waals surface area contributed by atoms with Crippen LogP contribution in [0.1, 0.15) is 5.56 Å². The molecule has 2 aromatic heterocycles. The fourth-order valence-electron chi connectivity index (χ4n) is 3.22. The van der Waals surface area contributed by atoms with Gasteiger partial charge in [0, 0.05) is 28.0 Å². The average molecular weight is 337 g/mol. The van der Waals surface area contributed by atoms with Gasteiger partial charge < -0.3 is 5.32 Å². The Morgan fingerprint density at radius 1 is 0.692 bits per heavy atom. The van der Waals surface area contributed by atoms with E-state index in [2.05, 4.69) is 33.5 Å². The van der Waals surface area contributed by atoms with Crippen LogP contribution in [-0.2, 0) is 0 Å². The zero-order valence-electron chi connectivity index (χ0n) is 14.1. The number of aryl methyl sites for hydroxylation is 1. The van der Waals surface area contributed by atoms with Crippen molar-refractivity contribution in [3.8, 4) is 0 Å². The Balaban J connectivity index is 1.76. The summed E-state index contributed by atoms with van der Waals surface area (Å²) in [7, 11) is 0. The van der Waals surface area contributed by atoms with Crippen LogP contribution in [0.4, 0.5) is 11.6 Å². The van der Waals surface area contributed by atoms with Gasteiger partial charge >= 0.3 is 0 Å². The lowest BCUT2D eigenvalue weighted by molar-refractivity contribution is 1.04. The summed E-state index contributed by atoms with van der Waals surface area (Å²) in [5, 5.41) is 15.0. The van der Waals surface area contributed by atoms with Crippen LogP contribution in [0.25, 0.3) is 32.7 Å². The summed E-state index contributed by atoms with van der Waals surface area (Å²) in [5.74, 6) is 0.474. The first-order valence-corrected chi connectivity index (χ1v) is 8.43. The fourth-order valence-corrected chi connectivity index (χ4v) is 3.22. The molecule has 0 radical (unpaired) electrons. The Labute approximate surface area is 149 Å². The van der Waals surface area contributed by atoms with Gasteiger partial charge in [0.05, 0.1) is 5.52 Å². The third-order valence-corrected chi connectivity index (χ3v) is 4.49. The van der Waals surface area contributed by atoms with Crippen LogP contribution in [-0.4, -0.2) is 20.2 Å². The van der Waals surface area contributed by atoms with E-state index in [1.807, 2.05) is 54.6 Å². The number of fused-ring (bicyclic) bond motifs is 6. The summed E-state index contributed by atoms with van der Waals surface area (Å²) in [5.41, 5.74) is 4.65. The Bertz CT molecular complexity index is 1230.